The molecule has 0 radical (unpaired) electrons. The van der Waals surface area contributed by atoms with E-state index < -0.39 is 0 Å². The first-order valence-electron chi connectivity index (χ1n) is 3.29. The molecule has 1 fully saturated rings. The minimum Gasteiger partial charge on any atom is -0.393 e. The molecule has 9 heavy (non-hydrogen) atoms. The van der Waals surface area contributed by atoms with Gasteiger partial charge in [-0.05, 0) is 16.9 Å². The molecule has 1 nitrogen and oxygen atoms in total. The number of aliphatic hydroxyl groups is 1. The zero-order valence-electron chi connectivity index (χ0n) is 5.26. The number of halogens is 1. The fourth-order valence-electron chi connectivity index (χ4n) is 1.29. The van der Waals surface area contributed by atoms with Crippen LogP contribution in [0.2, 0.25) is 0 Å². The lowest BCUT2D eigenvalue weighted by Crippen LogP contribution is -2.09. The van der Waals surface area contributed by atoms with Crippen molar-refractivity contribution in [1.82, 2.24) is 0 Å². The van der Waals surface area contributed by atoms with Crippen LogP contribution in [0, 0.1) is 5.92 Å². The molecule has 2 heteroatoms. The molecule has 2 atom stereocenters. The van der Waals surface area contributed by atoms with Gasteiger partial charge in [0.2, 0.25) is 0 Å². The largest absolute Gasteiger partial charge is 0.393 e. The summed E-state index contributed by atoms with van der Waals surface area (Å²) in [6.45, 7) is 0. The molecule has 1 saturated carbocycles. The first-order valence-corrected chi connectivity index (χ1v) is 4.54. The summed E-state index contributed by atoms with van der Waals surface area (Å²) in [4.78, 5) is 0. The van der Waals surface area contributed by atoms with Crippen LogP contribution in [0.3, 0.4) is 0 Å². The van der Waals surface area contributed by atoms with Crippen LogP contribution in [-0.4, -0.2) is 11.2 Å². The van der Waals surface area contributed by atoms with E-state index in [1.54, 1.807) is 0 Å². The Hall–Kier alpha value is 0.430. The van der Waals surface area contributed by atoms with Crippen molar-refractivity contribution in [2.45, 2.75) is 25.4 Å². The molecule has 1 aliphatic rings. The SMILES string of the molecule is O[C@@H]1CCC[C@H]1C=CI. The van der Waals surface area contributed by atoms with E-state index in [0.717, 1.165) is 6.42 Å². The normalized spacial score (nSPS) is 36.2. The summed E-state index contributed by atoms with van der Waals surface area (Å²) in [6, 6.07) is 0. The van der Waals surface area contributed by atoms with Gasteiger partial charge in [0.15, 0.2) is 0 Å². The second-order valence-electron chi connectivity index (χ2n) is 2.48. The quantitative estimate of drug-likeness (QED) is 0.693. The molecule has 0 aliphatic heterocycles. The summed E-state index contributed by atoms with van der Waals surface area (Å²) in [5, 5.41) is 9.27. The van der Waals surface area contributed by atoms with Crippen molar-refractivity contribution in [2.75, 3.05) is 0 Å². The Kier molecular flexibility index (Phi) is 2.98. The van der Waals surface area contributed by atoms with E-state index in [-0.39, 0.29) is 6.10 Å². The molecule has 1 aliphatic carbocycles. The van der Waals surface area contributed by atoms with Gasteiger partial charge >= 0.3 is 0 Å². The lowest BCUT2D eigenvalue weighted by molar-refractivity contribution is 0.153. The van der Waals surface area contributed by atoms with E-state index in [4.69, 9.17) is 0 Å². The maximum Gasteiger partial charge on any atom is 0.0603 e. The lowest BCUT2D eigenvalue weighted by Gasteiger charge is -2.06. The van der Waals surface area contributed by atoms with Crippen molar-refractivity contribution in [3.05, 3.63) is 10.2 Å². The van der Waals surface area contributed by atoms with Gasteiger partial charge in [-0.1, -0.05) is 35.1 Å². The maximum atomic E-state index is 9.27. The molecule has 0 unspecified atom stereocenters. The van der Waals surface area contributed by atoms with Crippen LogP contribution in [0.25, 0.3) is 0 Å². The van der Waals surface area contributed by atoms with E-state index >= 15 is 0 Å². The van der Waals surface area contributed by atoms with Crippen molar-refractivity contribution in [2.24, 2.45) is 5.92 Å². The zero-order valence-corrected chi connectivity index (χ0v) is 7.41. The Bertz CT molecular complexity index is 111. The van der Waals surface area contributed by atoms with Crippen LogP contribution in [0.15, 0.2) is 10.2 Å². The van der Waals surface area contributed by atoms with Gasteiger partial charge in [-0.3, -0.25) is 0 Å². The zero-order chi connectivity index (χ0) is 6.69. The third-order valence-electron chi connectivity index (χ3n) is 1.85. The van der Waals surface area contributed by atoms with Crippen molar-refractivity contribution in [1.29, 1.82) is 0 Å². The minimum atomic E-state index is -0.0592. The van der Waals surface area contributed by atoms with Crippen molar-refractivity contribution >= 4 is 22.6 Å². The average molecular weight is 238 g/mol. The van der Waals surface area contributed by atoms with Gasteiger partial charge in [0.1, 0.15) is 0 Å². The summed E-state index contributed by atoms with van der Waals surface area (Å²) in [5.41, 5.74) is 0. The summed E-state index contributed by atoms with van der Waals surface area (Å²) in [6.07, 6.45) is 5.38. The summed E-state index contributed by atoms with van der Waals surface area (Å²) in [7, 11) is 0. The lowest BCUT2D eigenvalue weighted by atomic mass is 10.1. The second-order valence-corrected chi connectivity index (χ2v) is 3.20. The summed E-state index contributed by atoms with van der Waals surface area (Å²) in [5.74, 6) is 0.446. The fraction of sp³-hybridized carbons (Fsp3) is 0.714. The van der Waals surface area contributed by atoms with Crippen molar-refractivity contribution in [3.8, 4) is 0 Å². The molecule has 0 aromatic rings. The van der Waals surface area contributed by atoms with Gasteiger partial charge in [0, 0.05) is 5.92 Å². The van der Waals surface area contributed by atoms with Gasteiger partial charge in [-0.2, -0.15) is 0 Å². The predicted octanol–water partition coefficient (Wildman–Crippen LogP) is 2.10. The van der Waals surface area contributed by atoms with Crippen LogP contribution < -0.4 is 0 Å². The Labute approximate surface area is 69.3 Å². The molecular weight excluding hydrogens is 227 g/mol. The second kappa shape index (κ2) is 3.56. The van der Waals surface area contributed by atoms with Crippen molar-refractivity contribution in [3.63, 3.8) is 0 Å². The summed E-state index contributed by atoms with van der Waals surface area (Å²) >= 11 is 2.20. The van der Waals surface area contributed by atoms with E-state index in [1.165, 1.54) is 12.8 Å². The Morgan fingerprint density at radius 1 is 1.44 bits per heavy atom. The third-order valence-corrected chi connectivity index (χ3v) is 2.27. The molecule has 52 valence electrons. The standard InChI is InChI=1S/C7H11IO/c8-5-4-6-2-1-3-7(6)9/h4-7,9H,1-3H2/t6-,7+/m0/s1. The Morgan fingerprint density at radius 3 is 2.67 bits per heavy atom. The first-order chi connectivity index (χ1) is 4.34. The van der Waals surface area contributed by atoms with E-state index in [2.05, 4.69) is 28.7 Å². The predicted molar refractivity (Wildman–Crippen MR) is 46.5 cm³/mol. The third kappa shape index (κ3) is 1.93. The average Bonchev–Trinajstić information content (AvgIpc) is 2.18. The topological polar surface area (TPSA) is 20.2 Å². The molecule has 0 aromatic heterocycles. The molecule has 1 rings (SSSR count). The molecule has 0 heterocycles. The van der Waals surface area contributed by atoms with Crippen LogP contribution in [0.5, 0.6) is 0 Å². The Balaban J connectivity index is 2.39. The number of rotatable bonds is 1. The van der Waals surface area contributed by atoms with Crippen molar-refractivity contribution < 1.29 is 5.11 Å². The maximum absolute atomic E-state index is 9.27. The van der Waals surface area contributed by atoms with E-state index in [1.807, 2.05) is 4.08 Å². The number of hydrogen-bond donors (Lipinski definition) is 1. The van der Waals surface area contributed by atoms with Gasteiger partial charge in [0.25, 0.3) is 0 Å². The molecule has 1 N–H and O–H groups in total. The van der Waals surface area contributed by atoms with Gasteiger partial charge in [-0.25, -0.2) is 0 Å². The molecule has 0 bridgehead atoms. The highest BCUT2D eigenvalue weighted by Crippen LogP contribution is 2.26. The first kappa shape index (κ1) is 7.54. The minimum absolute atomic E-state index is 0.0592. The van der Waals surface area contributed by atoms with Gasteiger partial charge in [-0.15, -0.1) is 0 Å². The summed E-state index contributed by atoms with van der Waals surface area (Å²) < 4.78 is 2.00. The van der Waals surface area contributed by atoms with E-state index in [0.29, 0.717) is 5.92 Å². The van der Waals surface area contributed by atoms with Gasteiger partial charge < -0.3 is 5.11 Å². The highest BCUT2D eigenvalue weighted by molar-refractivity contribution is 14.1. The molecule has 0 saturated heterocycles. The fourth-order valence-corrected chi connectivity index (χ4v) is 1.82. The molecule has 0 amide bonds. The van der Waals surface area contributed by atoms with Crippen LogP contribution in [-0.2, 0) is 0 Å². The van der Waals surface area contributed by atoms with Crippen LogP contribution in [0.4, 0.5) is 0 Å². The number of aliphatic hydroxyl groups excluding tert-OH is 1. The number of hydrogen-bond acceptors (Lipinski definition) is 1. The van der Waals surface area contributed by atoms with Crippen LogP contribution in [0.1, 0.15) is 19.3 Å². The molecular formula is C7H11IO. The van der Waals surface area contributed by atoms with E-state index in [9.17, 15) is 5.11 Å². The highest BCUT2D eigenvalue weighted by atomic mass is 127. The highest BCUT2D eigenvalue weighted by Gasteiger charge is 2.21. The molecule has 0 aromatic carbocycles. The Morgan fingerprint density at radius 2 is 2.22 bits per heavy atom. The van der Waals surface area contributed by atoms with Gasteiger partial charge in [0.05, 0.1) is 6.10 Å². The monoisotopic (exact) mass is 238 g/mol. The molecule has 0 spiro atoms. The smallest absolute Gasteiger partial charge is 0.0603 e. The van der Waals surface area contributed by atoms with Crippen LogP contribution >= 0.6 is 22.6 Å².